The molecule has 0 aromatic heterocycles. The van der Waals surface area contributed by atoms with Gasteiger partial charge in [0.2, 0.25) is 0 Å². The summed E-state index contributed by atoms with van der Waals surface area (Å²) in [5, 5.41) is 12.7. The SMILES string of the molecule is O=C(O)c1cccc(CNCC2(CN3CCOCC3)CCCCC2)c1. The summed E-state index contributed by atoms with van der Waals surface area (Å²) in [5.74, 6) is -0.863. The van der Waals surface area contributed by atoms with Gasteiger partial charge in [0.15, 0.2) is 0 Å². The molecule has 138 valence electrons. The highest BCUT2D eigenvalue weighted by Crippen LogP contribution is 2.36. The molecular formula is C20H30N2O3. The number of hydrogen-bond donors (Lipinski definition) is 2. The number of carboxylic acids is 1. The zero-order valence-corrected chi connectivity index (χ0v) is 15.0. The molecule has 1 aromatic rings. The molecule has 1 aliphatic carbocycles. The van der Waals surface area contributed by atoms with E-state index in [1.165, 1.54) is 32.1 Å². The summed E-state index contributed by atoms with van der Waals surface area (Å²) in [7, 11) is 0. The minimum absolute atomic E-state index is 0.347. The molecule has 0 radical (unpaired) electrons. The van der Waals surface area contributed by atoms with Crippen LogP contribution in [0.25, 0.3) is 0 Å². The Bertz CT molecular complexity index is 564. The molecule has 0 bridgehead atoms. The lowest BCUT2D eigenvalue weighted by Gasteiger charge is -2.42. The van der Waals surface area contributed by atoms with Crippen LogP contribution in [0.4, 0.5) is 0 Å². The molecule has 0 unspecified atom stereocenters. The Hall–Kier alpha value is -1.43. The largest absolute Gasteiger partial charge is 0.478 e. The molecule has 25 heavy (non-hydrogen) atoms. The summed E-state index contributed by atoms with van der Waals surface area (Å²) >= 11 is 0. The fourth-order valence-corrected chi connectivity index (χ4v) is 4.21. The second-order valence-electron chi connectivity index (χ2n) is 7.56. The molecular weight excluding hydrogens is 316 g/mol. The van der Waals surface area contributed by atoms with Crippen molar-refractivity contribution in [3.8, 4) is 0 Å². The van der Waals surface area contributed by atoms with Crippen molar-refractivity contribution in [2.75, 3.05) is 39.4 Å². The molecule has 1 saturated carbocycles. The molecule has 2 fully saturated rings. The first-order valence-electron chi connectivity index (χ1n) is 9.50. The van der Waals surface area contributed by atoms with Gasteiger partial charge in [0, 0.05) is 32.7 Å². The van der Waals surface area contributed by atoms with Crippen molar-refractivity contribution < 1.29 is 14.6 Å². The molecule has 0 amide bonds. The molecule has 1 heterocycles. The van der Waals surface area contributed by atoms with Crippen molar-refractivity contribution in [3.05, 3.63) is 35.4 Å². The quantitative estimate of drug-likeness (QED) is 0.795. The molecule has 5 heteroatoms. The first kappa shape index (κ1) is 18.4. The maximum absolute atomic E-state index is 11.1. The highest BCUT2D eigenvalue weighted by atomic mass is 16.5. The van der Waals surface area contributed by atoms with E-state index in [-0.39, 0.29) is 0 Å². The van der Waals surface area contributed by atoms with Crippen LogP contribution in [0.3, 0.4) is 0 Å². The van der Waals surface area contributed by atoms with Crippen LogP contribution in [0.1, 0.15) is 48.0 Å². The molecule has 1 aliphatic heterocycles. The molecule has 3 rings (SSSR count). The van der Waals surface area contributed by atoms with Crippen molar-refractivity contribution in [2.45, 2.75) is 38.6 Å². The zero-order chi connectivity index (χ0) is 17.5. The summed E-state index contributed by atoms with van der Waals surface area (Å²) in [6.07, 6.45) is 6.56. The van der Waals surface area contributed by atoms with Gasteiger partial charge in [-0.3, -0.25) is 4.90 Å². The van der Waals surface area contributed by atoms with Gasteiger partial charge in [-0.25, -0.2) is 4.79 Å². The smallest absolute Gasteiger partial charge is 0.335 e. The van der Waals surface area contributed by atoms with E-state index >= 15 is 0 Å². The van der Waals surface area contributed by atoms with Crippen LogP contribution in [-0.2, 0) is 11.3 Å². The maximum atomic E-state index is 11.1. The Kier molecular flexibility index (Phi) is 6.45. The monoisotopic (exact) mass is 346 g/mol. The number of aromatic carboxylic acids is 1. The van der Waals surface area contributed by atoms with E-state index in [0.717, 1.165) is 51.5 Å². The maximum Gasteiger partial charge on any atom is 0.335 e. The number of nitrogens with one attached hydrogen (secondary N) is 1. The van der Waals surface area contributed by atoms with Crippen LogP contribution < -0.4 is 5.32 Å². The Morgan fingerprint density at radius 1 is 1.20 bits per heavy atom. The number of morpholine rings is 1. The van der Waals surface area contributed by atoms with E-state index in [1.54, 1.807) is 12.1 Å². The summed E-state index contributed by atoms with van der Waals surface area (Å²) in [5.41, 5.74) is 1.75. The van der Waals surface area contributed by atoms with Crippen molar-refractivity contribution >= 4 is 5.97 Å². The standard InChI is InChI=1S/C20H30N2O3/c23-19(24)18-6-4-5-17(13-18)14-21-15-20(7-2-1-3-8-20)16-22-9-11-25-12-10-22/h4-6,13,21H,1-3,7-12,14-16H2,(H,23,24). The van der Waals surface area contributed by atoms with E-state index < -0.39 is 5.97 Å². The Labute approximate surface area is 150 Å². The van der Waals surface area contributed by atoms with Gasteiger partial charge in [-0.1, -0.05) is 31.4 Å². The van der Waals surface area contributed by atoms with Crippen LogP contribution in [0, 0.1) is 5.41 Å². The number of ether oxygens (including phenoxy) is 1. The van der Waals surface area contributed by atoms with E-state index in [0.29, 0.717) is 11.0 Å². The zero-order valence-electron chi connectivity index (χ0n) is 15.0. The van der Waals surface area contributed by atoms with Gasteiger partial charge in [0.25, 0.3) is 0 Å². The van der Waals surface area contributed by atoms with Gasteiger partial charge in [0.1, 0.15) is 0 Å². The van der Waals surface area contributed by atoms with E-state index in [4.69, 9.17) is 9.84 Å². The first-order chi connectivity index (χ1) is 12.2. The Balaban J connectivity index is 1.57. The van der Waals surface area contributed by atoms with Gasteiger partial charge >= 0.3 is 5.97 Å². The van der Waals surface area contributed by atoms with Crippen molar-refractivity contribution in [1.29, 1.82) is 0 Å². The minimum Gasteiger partial charge on any atom is -0.478 e. The minimum atomic E-state index is -0.863. The molecule has 2 aliphatic rings. The fourth-order valence-electron chi connectivity index (χ4n) is 4.21. The molecule has 1 aromatic carbocycles. The Morgan fingerprint density at radius 3 is 2.68 bits per heavy atom. The van der Waals surface area contributed by atoms with Gasteiger partial charge in [0.05, 0.1) is 18.8 Å². The van der Waals surface area contributed by atoms with Gasteiger partial charge in [-0.05, 0) is 36.0 Å². The molecule has 1 saturated heterocycles. The third-order valence-electron chi connectivity index (χ3n) is 5.58. The van der Waals surface area contributed by atoms with E-state index in [1.807, 2.05) is 12.1 Å². The van der Waals surface area contributed by atoms with Crippen LogP contribution in [0.15, 0.2) is 24.3 Å². The fraction of sp³-hybridized carbons (Fsp3) is 0.650. The van der Waals surface area contributed by atoms with Gasteiger partial charge < -0.3 is 15.2 Å². The summed E-state index contributed by atoms with van der Waals surface area (Å²) < 4.78 is 5.49. The molecule has 0 atom stereocenters. The van der Waals surface area contributed by atoms with Gasteiger partial charge in [-0.15, -0.1) is 0 Å². The van der Waals surface area contributed by atoms with Crippen LogP contribution in [-0.4, -0.2) is 55.4 Å². The third kappa shape index (κ3) is 5.27. The lowest BCUT2D eigenvalue weighted by Crippen LogP contribution is -2.48. The number of carbonyl (C=O) groups is 1. The molecule has 5 nitrogen and oxygen atoms in total. The van der Waals surface area contributed by atoms with Crippen molar-refractivity contribution in [3.63, 3.8) is 0 Å². The van der Waals surface area contributed by atoms with Crippen molar-refractivity contribution in [1.82, 2.24) is 10.2 Å². The summed E-state index contributed by atoms with van der Waals surface area (Å²) in [4.78, 5) is 13.7. The van der Waals surface area contributed by atoms with Crippen LogP contribution in [0.5, 0.6) is 0 Å². The summed E-state index contributed by atoms with van der Waals surface area (Å²) in [6, 6.07) is 7.23. The normalized spacial score (nSPS) is 21.1. The number of carboxylic acid groups (broad SMARTS) is 1. The second kappa shape index (κ2) is 8.79. The predicted octanol–water partition coefficient (Wildman–Crippen LogP) is 2.76. The average molecular weight is 346 g/mol. The lowest BCUT2D eigenvalue weighted by atomic mass is 9.73. The van der Waals surface area contributed by atoms with Crippen LogP contribution in [0.2, 0.25) is 0 Å². The number of benzene rings is 1. The number of hydrogen-bond acceptors (Lipinski definition) is 4. The Morgan fingerprint density at radius 2 is 1.96 bits per heavy atom. The predicted molar refractivity (Wildman–Crippen MR) is 97.9 cm³/mol. The highest BCUT2D eigenvalue weighted by Gasteiger charge is 2.34. The molecule has 0 spiro atoms. The van der Waals surface area contributed by atoms with Gasteiger partial charge in [-0.2, -0.15) is 0 Å². The lowest BCUT2D eigenvalue weighted by molar-refractivity contribution is 0.00713. The number of nitrogens with zero attached hydrogens (tertiary/aromatic N) is 1. The van der Waals surface area contributed by atoms with E-state index in [2.05, 4.69) is 10.2 Å². The first-order valence-corrected chi connectivity index (χ1v) is 9.50. The highest BCUT2D eigenvalue weighted by molar-refractivity contribution is 5.87. The third-order valence-corrected chi connectivity index (χ3v) is 5.58. The van der Waals surface area contributed by atoms with E-state index in [9.17, 15) is 4.79 Å². The van der Waals surface area contributed by atoms with Crippen molar-refractivity contribution in [2.24, 2.45) is 5.41 Å². The average Bonchev–Trinajstić information content (AvgIpc) is 2.63. The molecule has 2 N–H and O–H groups in total. The summed E-state index contributed by atoms with van der Waals surface area (Å²) in [6.45, 7) is 6.67. The van der Waals surface area contributed by atoms with Crippen LogP contribution >= 0.6 is 0 Å². The second-order valence-corrected chi connectivity index (χ2v) is 7.56. The topological polar surface area (TPSA) is 61.8 Å². The number of rotatable bonds is 7.